The number of hydrogen-bond donors (Lipinski definition) is 1. The lowest BCUT2D eigenvalue weighted by atomic mass is 10.0. The maximum absolute atomic E-state index is 12.2. The number of urea groups is 1. The van der Waals surface area contributed by atoms with Crippen LogP contribution in [0.5, 0.6) is 0 Å². The van der Waals surface area contributed by atoms with Gasteiger partial charge < -0.3 is 14.9 Å². The lowest BCUT2D eigenvalue weighted by Crippen LogP contribution is -2.48. The second-order valence-corrected chi connectivity index (χ2v) is 5.36. The van der Waals surface area contributed by atoms with Gasteiger partial charge in [0.2, 0.25) is 0 Å². The van der Waals surface area contributed by atoms with Crippen LogP contribution in [0, 0.1) is 11.8 Å². The molecule has 2 amide bonds. The van der Waals surface area contributed by atoms with Crippen LogP contribution in [0.4, 0.5) is 4.79 Å². The lowest BCUT2D eigenvalue weighted by Gasteiger charge is -2.28. The highest BCUT2D eigenvalue weighted by molar-refractivity contribution is 5.83. The van der Waals surface area contributed by atoms with E-state index in [4.69, 9.17) is 0 Å². The van der Waals surface area contributed by atoms with Crippen LogP contribution in [0.3, 0.4) is 0 Å². The van der Waals surface area contributed by atoms with Gasteiger partial charge in [-0.2, -0.15) is 0 Å². The predicted octanol–water partition coefficient (Wildman–Crippen LogP) is 1.24. The van der Waals surface area contributed by atoms with E-state index < -0.39 is 12.0 Å². The highest BCUT2D eigenvalue weighted by Gasteiger charge is 2.41. The minimum Gasteiger partial charge on any atom is -0.480 e. The van der Waals surface area contributed by atoms with E-state index in [1.54, 1.807) is 4.90 Å². The third-order valence-corrected chi connectivity index (χ3v) is 3.89. The van der Waals surface area contributed by atoms with E-state index in [0.717, 1.165) is 25.9 Å². The number of carbonyl (C=O) groups excluding carboxylic acids is 1. The minimum absolute atomic E-state index is 0.0523. The summed E-state index contributed by atoms with van der Waals surface area (Å²) in [7, 11) is 0. The van der Waals surface area contributed by atoms with E-state index in [1.807, 2.05) is 6.92 Å². The van der Waals surface area contributed by atoms with Crippen molar-refractivity contribution in [3.63, 3.8) is 0 Å². The molecule has 3 atom stereocenters. The third-order valence-electron chi connectivity index (χ3n) is 3.89. The van der Waals surface area contributed by atoms with E-state index >= 15 is 0 Å². The Labute approximate surface area is 101 Å². The van der Waals surface area contributed by atoms with Crippen LogP contribution < -0.4 is 0 Å². The fourth-order valence-electron chi connectivity index (χ4n) is 2.83. The number of nitrogens with zero attached hydrogens (tertiary/aromatic N) is 2. The Kier molecular flexibility index (Phi) is 3.26. The molecule has 0 aliphatic carbocycles. The molecule has 2 rings (SSSR count). The first kappa shape index (κ1) is 12.2. The number of carboxylic acids is 1. The predicted molar refractivity (Wildman–Crippen MR) is 62.7 cm³/mol. The van der Waals surface area contributed by atoms with Crippen molar-refractivity contribution in [3.05, 3.63) is 0 Å². The molecule has 2 fully saturated rings. The van der Waals surface area contributed by atoms with Crippen LogP contribution in [0.25, 0.3) is 0 Å². The molecule has 0 aromatic heterocycles. The molecule has 5 heteroatoms. The fourth-order valence-corrected chi connectivity index (χ4v) is 2.83. The summed E-state index contributed by atoms with van der Waals surface area (Å²) < 4.78 is 0. The minimum atomic E-state index is -0.879. The van der Waals surface area contributed by atoms with Crippen LogP contribution in [0.1, 0.15) is 26.7 Å². The van der Waals surface area contributed by atoms with Gasteiger partial charge in [-0.05, 0) is 24.7 Å². The molecule has 2 heterocycles. The first-order valence-electron chi connectivity index (χ1n) is 6.29. The van der Waals surface area contributed by atoms with Gasteiger partial charge in [0.25, 0.3) is 0 Å². The van der Waals surface area contributed by atoms with Crippen molar-refractivity contribution in [1.82, 2.24) is 9.80 Å². The maximum atomic E-state index is 12.2. The van der Waals surface area contributed by atoms with E-state index in [9.17, 15) is 14.7 Å². The van der Waals surface area contributed by atoms with Gasteiger partial charge in [-0.1, -0.05) is 13.8 Å². The number of aliphatic carboxylic acids is 1. The zero-order valence-corrected chi connectivity index (χ0v) is 10.4. The quantitative estimate of drug-likeness (QED) is 0.750. The molecule has 5 nitrogen and oxygen atoms in total. The van der Waals surface area contributed by atoms with E-state index in [-0.39, 0.29) is 11.9 Å². The smallest absolute Gasteiger partial charge is 0.326 e. The molecule has 0 spiro atoms. The number of amides is 2. The summed E-state index contributed by atoms with van der Waals surface area (Å²) in [4.78, 5) is 26.8. The zero-order valence-electron chi connectivity index (χ0n) is 10.4. The number of rotatable bonds is 1. The summed E-state index contributed by atoms with van der Waals surface area (Å²) in [5.74, 6) is -0.297. The monoisotopic (exact) mass is 240 g/mol. The van der Waals surface area contributed by atoms with Crippen LogP contribution >= 0.6 is 0 Å². The van der Waals surface area contributed by atoms with E-state index in [0.29, 0.717) is 12.5 Å². The van der Waals surface area contributed by atoms with Crippen LogP contribution in [0.2, 0.25) is 0 Å². The largest absolute Gasteiger partial charge is 0.480 e. The molecule has 2 aliphatic heterocycles. The molecule has 1 N–H and O–H groups in total. The van der Waals surface area contributed by atoms with Gasteiger partial charge in [0.05, 0.1) is 0 Å². The van der Waals surface area contributed by atoms with Crippen molar-refractivity contribution in [2.75, 3.05) is 19.6 Å². The standard InChI is InChI=1S/C12H20N2O3/c1-8-3-5-13(7-8)12(17)14-6-4-9(2)10(14)11(15)16/h8-10H,3-7H2,1-2H3,(H,15,16). The SMILES string of the molecule is CC1CCN(C(=O)N2CCC(C)C2C(=O)O)C1. The molecule has 0 bridgehead atoms. The molecule has 96 valence electrons. The highest BCUT2D eigenvalue weighted by atomic mass is 16.4. The van der Waals surface area contributed by atoms with Crippen molar-refractivity contribution in [1.29, 1.82) is 0 Å². The number of carbonyl (C=O) groups is 2. The molecule has 2 aliphatic rings. The Morgan fingerprint density at radius 3 is 2.41 bits per heavy atom. The molecule has 0 saturated carbocycles. The van der Waals surface area contributed by atoms with Gasteiger partial charge in [-0.25, -0.2) is 9.59 Å². The molecule has 17 heavy (non-hydrogen) atoms. The van der Waals surface area contributed by atoms with Gasteiger partial charge in [0.1, 0.15) is 6.04 Å². The summed E-state index contributed by atoms with van der Waals surface area (Å²) >= 11 is 0. The van der Waals surface area contributed by atoms with Gasteiger partial charge >= 0.3 is 12.0 Å². The molecular formula is C12H20N2O3. The molecule has 2 saturated heterocycles. The summed E-state index contributed by atoms with van der Waals surface area (Å²) in [6, 6.07) is -0.732. The molecule has 3 unspecified atom stereocenters. The first-order chi connectivity index (χ1) is 8.00. The van der Waals surface area contributed by atoms with E-state index in [1.165, 1.54) is 4.90 Å². The summed E-state index contributed by atoms with van der Waals surface area (Å²) in [5.41, 5.74) is 0. The van der Waals surface area contributed by atoms with Gasteiger partial charge in [0.15, 0.2) is 0 Å². The molecular weight excluding hydrogens is 220 g/mol. The lowest BCUT2D eigenvalue weighted by molar-refractivity contribution is -0.142. The van der Waals surface area contributed by atoms with Crippen molar-refractivity contribution in [2.24, 2.45) is 11.8 Å². The van der Waals surface area contributed by atoms with Crippen LogP contribution in [-0.2, 0) is 4.79 Å². The zero-order chi connectivity index (χ0) is 12.6. The second kappa shape index (κ2) is 4.55. The average molecular weight is 240 g/mol. The molecule has 0 aromatic carbocycles. The highest BCUT2D eigenvalue weighted by Crippen LogP contribution is 2.27. The first-order valence-corrected chi connectivity index (χ1v) is 6.29. The Bertz CT molecular complexity index is 332. The van der Waals surface area contributed by atoms with Crippen molar-refractivity contribution in [2.45, 2.75) is 32.7 Å². The average Bonchev–Trinajstić information content (AvgIpc) is 2.83. The Morgan fingerprint density at radius 2 is 1.88 bits per heavy atom. The topological polar surface area (TPSA) is 60.9 Å². The Balaban J connectivity index is 2.06. The summed E-state index contributed by atoms with van der Waals surface area (Å²) in [6.45, 7) is 6.11. The molecule has 0 aromatic rings. The maximum Gasteiger partial charge on any atom is 0.326 e. The normalized spacial score (nSPS) is 33.2. The summed E-state index contributed by atoms with van der Waals surface area (Å²) in [5, 5.41) is 9.19. The van der Waals surface area contributed by atoms with Crippen LogP contribution in [-0.4, -0.2) is 52.6 Å². The second-order valence-electron chi connectivity index (χ2n) is 5.36. The van der Waals surface area contributed by atoms with Gasteiger partial charge in [-0.3, -0.25) is 0 Å². The number of likely N-dealkylation sites (tertiary alicyclic amines) is 2. The number of carboxylic acid groups (broad SMARTS) is 1. The number of hydrogen-bond acceptors (Lipinski definition) is 2. The van der Waals surface area contributed by atoms with Gasteiger partial charge in [0, 0.05) is 19.6 Å². The third kappa shape index (κ3) is 2.23. The summed E-state index contributed by atoms with van der Waals surface area (Å²) in [6.07, 6.45) is 1.80. The fraction of sp³-hybridized carbons (Fsp3) is 0.833. The van der Waals surface area contributed by atoms with E-state index in [2.05, 4.69) is 6.92 Å². The van der Waals surface area contributed by atoms with Crippen LogP contribution in [0.15, 0.2) is 0 Å². The Morgan fingerprint density at radius 1 is 1.18 bits per heavy atom. The van der Waals surface area contributed by atoms with Gasteiger partial charge in [-0.15, -0.1) is 0 Å². The van der Waals surface area contributed by atoms with Crippen molar-refractivity contribution >= 4 is 12.0 Å². The van der Waals surface area contributed by atoms with Crippen molar-refractivity contribution < 1.29 is 14.7 Å². The van der Waals surface area contributed by atoms with Crippen molar-refractivity contribution in [3.8, 4) is 0 Å². The Hall–Kier alpha value is -1.26. The molecule has 0 radical (unpaired) electrons.